The SMILES string of the molecule is Cc1nn(-c2ccccc2)c(-n2cccc2)c1C(=O)N1CCC(C(=O)NCCc2ccccc2)CC1. The van der Waals surface area contributed by atoms with Crippen molar-refractivity contribution in [2.45, 2.75) is 26.2 Å². The van der Waals surface area contributed by atoms with Crippen LogP contribution >= 0.6 is 0 Å². The third-order valence-corrected chi connectivity index (χ3v) is 6.81. The maximum absolute atomic E-state index is 13.7. The van der Waals surface area contributed by atoms with E-state index in [1.54, 1.807) is 0 Å². The van der Waals surface area contributed by atoms with E-state index >= 15 is 0 Å². The predicted molar refractivity (Wildman–Crippen MR) is 139 cm³/mol. The number of aryl methyl sites for hydroxylation is 1. The van der Waals surface area contributed by atoms with Crippen LogP contribution in [0.1, 0.15) is 34.5 Å². The van der Waals surface area contributed by atoms with Crippen molar-refractivity contribution in [3.8, 4) is 11.5 Å². The van der Waals surface area contributed by atoms with Crippen molar-refractivity contribution in [3.63, 3.8) is 0 Å². The number of piperidine rings is 1. The first-order valence-corrected chi connectivity index (χ1v) is 12.5. The molecular weight excluding hydrogens is 450 g/mol. The van der Waals surface area contributed by atoms with Gasteiger partial charge < -0.3 is 14.8 Å². The van der Waals surface area contributed by atoms with E-state index in [0.29, 0.717) is 43.7 Å². The number of hydrogen-bond donors (Lipinski definition) is 1. The van der Waals surface area contributed by atoms with Gasteiger partial charge in [0, 0.05) is 37.9 Å². The molecule has 1 fully saturated rings. The van der Waals surface area contributed by atoms with Gasteiger partial charge in [0.1, 0.15) is 5.56 Å². The summed E-state index contributed by atoms with van der Waals surface area (Å²) >= 11 is 0. The Labute approximate surface area is 211 Å². The van der Waals surface area contributed by atoms with Crippen molar-refractivity contribution in [3.05, 3.63) is 102 Å². The summed E-state index contributed by atoms with van der Waals surface area (Å²) in [6.45, 7) is 3.61. The number of para-hydroxylation sites is 1. The molecule has 7 heteroatoms. The maximum atomic E-state index is 13.7. The van der Waals surface area contributed by atoms with Crippen LogP contribution in [0.15, 0.2) is 85.2 Å². The fourth-order valence-electron chi connectivity index (χ4n) is 4.85. The van der Waals surface area contributed by atoms with E-state index in [1.807, 2.05) is 94.1 Å². The number of rotatable bonds is 7. The highest BCUT2D eigenvalue weighted by Crippen LogP contribution is 2.27. The third kappa shape index (κ3) is 4.96. The highest BCUT2D eigenvalue weighted by Gasteiger charge is 2.32. The fourth-order valence-corrected chi connectivity index (χ4v) is 4.85. The molecule has 1 N–H and O–H groups in total. The normalized spacial score (nSPS) is 14.1. The molecule has 4 aromatic rings. The molecule has 0 aliphatic carbocycles. The van der Waals surface area contributed by atoms with E-state index in [4.69, 9.17) is 5.10 Å². The summed E-state index contributed by atoms with van der Waals surface area (Å²) in [7, 11) is 0. The first-order chi connectivity index (χ1) is 17.6. The largest absolute Gasteiger partial charge is 0.356 e. The highest BCUT2D eigenvalue weighted by molar-refractivity contribution is 5.99. The lowest BCUT2D eigenvalue weighted by Crippen LogP contribution is -2.43. The lowest BCUT2D eigenvalue weighted by Gasteiger charge is -2.31. The minimum Gasteiger partial charge on any atom is -0.356 e. The van der Waals surface area contributed by atoms with Gasteiger partial charge in [0.05, 0.1) is 11.4 Å². The highest BCUT2D eigenvalue weighted by atomic mass is 16.2. The Morgan fingerprint density at radius 3 is 2.22 bits per heavy atom. The van der Waals surface area contributed by atoms with Crippen molar-refractivity contribution >= 4 is 11.8 Å². The van der Waals surface area contributed by atoms with Gasteiger partial charge >= 0.3 is 0 Å². The van der Waals surface area contributed by atoms with Crippen LogP contribution in [0.3, 0.4) is 0 Å². The zero-order chi connectivity index (χ0) is 24.9. The molecule has 3 heterocycles. The number of nitrogens with one attached hydrogen (secondary N) is 1. The molecule has 2 aromatic carbocycles. The van der Waals surface area contributed by atoms with Crippen LogP contribution in [0.5, 0.6) is 0 Å². The van der Waals surface area contributed by atoms with Gasteiger partial charge in [0.25, 0.3) is 5.91 Å². The topological polar surface area (TPSA) is 72.2 Å². The van der Waals surface area contributed by atoms with Crippen molar-refractivity contribution in [2.24, 2.45) is 5.92 Å². The van der Waals surface area contributed by atoms with Crippen LogP contribution in [0.4, 0.5) is 0 Å². The molecule has 0 bridgehead atoms. The summed E-state index contributed by atoms with van der Waals surface area (Å²) < 4.78 is 3.77. The average molecular weight is 482 g/mol. The van der Waals surface area contributed by atoms with E-state index in [-0.39, 0.29) is 17.7 Å². The van der Waals surface area contributed by atoms with Crippen molar-refractivity contribution in [2.75, 3.05) is 19.6 Å². The standard InChI is InChI=1S/C29H31N5O2/c1-22-26(28(32-18-8-9-19-32)34(31-22)25-12-6-3-7-13-25)29(36)33-20-15-24(16-21-33)27(35)30-17-14-23-10-4-2-5-11-23/h2-13,18-19,24H,14-17,20-21H2,1H3,(H,30,35). The average Bonchev–Trinajstić information content (AvgIpc) is 3.57. The molecule has 5 rings (SSSR count). The lowest BCUT2D eigenvalue weighted by atomic mass is 9.95. The molecular formula is C29H31N5O2. The molecule has 0 unspecified atom stereocenters. The minimum absolute atomic E-state index is 0.0404. The van der Waals surface area contributed by atoms with E-state index in [2.05, 4.69) is 17.4 Å². The van der Waals surface area contributed by atoms with Gasteiger partial charge in [0.2, 0.25) is 5.91 Å². The van der Waals surface area contributed by atoms with Gasteiger partial charge in [-0.1, -0.05) is 48.5 Å². The van der Waals surface area contributed by atoms with E-state index in [9.17, 15) is 9.59 Å². The Bertz CT molecular complexity index is 1300. The zero-order valence-electron chi connectivity index (χ0n) is 20.5. The third-order valence-electron chi connectivity index (χ3n) is 6.81. The number of carbonyl (C=O) groups excluding carboxylic acids is 2. The van der Waals surface area contributed by atoms with E-state index in [1.165, 1.54) is 5.56 Å². The summed E-state index contributed by atoms with van der Waals surface area (Å²) in [4.78, 5) is 28.3. The van der Waals surface area contributed by atoms with Crippen molar-refractivity contribution in [1.82, 2.24) is 24.6 Å². The Kier molecular flexibility index (Phi) is 6.98. The quantitative estimate of drug-likeness (QED) is 0.430. The molecule has 2 aromatic heterocycles. The Morgan fingerprint density at radius 1 is 0.917 bits per heavy atom. The number of likely N-dealkylation sites (tertiary alicyclic amines) is 1. The molecule has 0 radical (unpaired) electrons. The minimum atomic E-state index is -0.0677. The second-order valence-electron chi connectivity index (χ2n) is 9.21. The number of nitrogens with zero attached hydrogens (tertiary/aromatic N) is 4. The van der Waals surface area contributed by atoms with Crippen LogP contribution in [0.2, 0.25) is 0 Å². The molecule has 184 valence electrons. The monoisotopic (exact) mass is 481 g/mol. The number of carbonyl (C=O) groups is 2. The van der Waals surface area contributed by atoms with Gasteiger partial charge in [0.15, 0.2) is 5.82 Å². The number of benzene rings is 2. The van der Waals surface area contributed by atoms with Crippen LogP contribution in [-0.4, -0.2) is 50.7 Å². The number of aromatic nitrogens is 3. The Hall–Kier alpha value is -4.13. The van der Waals surface area contributed by atoms with Gasteiger partial charge in [-0.05, 0) is 56.0 Å². The van der Waals surface area contributed by atoms with Gasteiger partial charge in [-0.15, -0.1) is 0 Å². The van der Waals surface area contributed by atoms with Crippen molar-refractivity contribution < 1.29 is 9.59 Å². The second-order valence-corrected chi connectivity index (χ2v) is 9.21. The predicted octanol–water partition coefficient (Wildman–Crippen LogP) is 4.18. The summed E-state index contributed by atoms with van der Waals surface area (Å²) in [5, 5.41) is 7.81. The summed E-state index contributed by atoms with van der Waals surface area (Å²) in [6.07, 6.45) is 6.00. The molecule has 1 aliphatic rings. The smallest absolute Gasteiger partial charge is 0.259 e. The van der Waals surface area contributed by atoms with Crippen LogP contribution in [0.25, 0.3) is 11.5 Å². The molecule has 36 heavy (non-hydrogen) atoms. The molecule has 0 spiro atoms. The zero-order valence-corrected chi connectivity index (χ0v) is 20.5. The fraction of sp³-hybridized carbons (Fsp3) is 0.276. The summed E-state index contributed by atoms with van der Waals surface area (Å²) in [5.74, 6) is 0.705. The van der Waals surface area contributed by atoms with Gasteiger partial charge in [-0.2, -0.15) is 5.10 Å². The first kappa shape index (κ1) is 23.6. The maximum Gasteiger partial charge on any atom is 0.259 e. The molecule has 7 nitrogen and oxygen atoms in total. The summed E-state index contributed by atoms with van der Waals surface area (Å²) in [6, 6.07) is 23.9. The molecule has 1 aliphatic heterocycles. The summed E-state index contributed by atoms with van der Waals surface area (Å²) in [5.41, 5.74) is 3.39. The molecule has 0 atom stereocenters. The number of amides is 2. The van der Waals surface area contributed by atoms with Crippen LogP contribution in [-0.2, 0) is 11.2 Å². The van der Waals surface area contributed by atoms with Crippen LogP contribution in [0, 0.1) is 12.8 Å². The van der Waals surface area contributed by atoms with E-state index in [0.717, 1.165) is 17.9 Å². The van der Waals surface area contributed by atoms with Crippen molar-refractivity contribution in [1.29, 1.82) is 0 Å². The van der Waals surface area contributed by atoms with E-state index < -0.39 is 0 Å². The second kappa shape index (κ2) is 10.6. The molecule has 0 saturated carbocycles. The Morgan fingerprint density at radius 2 is 1.56 bits per heavy atom. The van der Waals surface area contributed by atoms with Gasteiger partial charge in [-0.3, -0.25) is 9.59 Å². The number of hydrogen-bond acceptors (Lipinski definition) is 3. The lowest BCUT2D eigenvalue weighted by molar-refractivity contribution is -0.126. The Balaban J connectivity index is 1.27. The first-order valence-electron chi connectivity index (χ1n) is 12.5. The van der Waals surface area contributed by atoms with Crippen LogP contribution < -0.4 is 5.32 Å². The van der Waals surface area contributed by atoms with Gasteiger partial charge in [-0.25, -0.2) is 4.68 Å². The molecule has 1 saturated heterocycles. The molecule has 2 amide bonds.